The molecule has 0 N–H and O–H groups in total. The summed E-state index contributed by atoms with van der Waals surface area (Å²) in [4.78, 5) is 27.9. The van der Waals surface area contributed by atoms with E-state index in [0.29, 0.717) is 18.8 Å². The van der Waals surface area contributed by atoms with Gasteiger partial charge in [0.25, 0.3) is 5.91 Å². The molecule has 0 aromatic carbocycles. The highest BCUT2D eigenvalue weighted by Crippen LogP contribution is 2.21. The molecule has 0 unspecified atom stereocenters. The van der Waals surface area contributed by atoms with Gasteiger partial charge >= 0.3 is 0 Å². The van der Waals surface area contributed by atoms with E-state index in [4.69, 9.17) is 0 Å². The van der Waals surface area contributed by atoms with Crippen molar-refractivity contribution in [3.63, 3.8) is 0 Å². The van der Waals surface area contributed by atoms with Crippen molar-refractivity contribution in [2.45, 2.75) is 26.3 Å². The van der Waals surface area contributed by atoms with Gasteiger partial charge in [-0.1, -0.05) is 0 Å². The van der Waals surface area contributed by atoms with Crippen LogP contribution in [0.2, 0.25) is 0 Å². The summed E-state index contributed by atoms with van der Waals surface area (Å²) < 4.78 is 2.82. The van der Waals surface area contributed by atoms with E-state index in [1.807, 2.05) is 30.7 Å². The molecule has 6 heteroatoms. The SMILES string of the molecule is CC(C)n1cc(Br)cc1C(=O)N1CCCN(C)C(=O)C1. The minimum atomic E-state index is -0.0759. The summed E-state index contributed by atoms with van der Waals surface area (Å²) in [7, 11) is 1.78. The zero-order chi connectivity index (χ0) is 14.9. The Morgan fingerprint density at radius 3 is 2.70 bits per heavy atom. The molecule has 20 heavy (non-hydrogen) atoms. The standard InChI is InChI=1S/C14H20BrN3O2/c1-10(2)18-8-11(15)7-12(18)14(20)17-6-4-5-16(3)13(19)9-17/h7-8,10H,4-6,9H2,1-3H3. The van der Waals surface area contributed by atoms with Crippen LogP contribution in [-0.2, 0) is 4.79 Å². The van der Waals surface area contributed by atoms with E-state index < -0.39 is 0 Å². The molecule has 1 aromatic heterocycles. The van der Waals surface area contributed by atoms with E-state index in [9.17, 15) is 9.59 Å². The summed E-state index contributed by atoms with van der Waals surface area (Å²) in [6.07, 6.45) is 2.72. The predicted octanol–water partition coefficient (Wildman–Crippen LogP) is 2.14. The Kier molecular flexibility index (Phi) is 4.52. The van der Waals surface area contributed by atoms with E-state index in [1.165, 1.54) is 0 Å². The molecule has 5 nitrogen and oxygen atoms in total. The zero-order valence-corrected chi connectivity index (χ0v) is 13.7. The van der Waals surface area contributed by atoms with Gasteiger partial charge in [-0.2, -0.15) is 0 Å². The maximum atomic E-state index is 12.7. The molecular formula is C14H20BrN3O2. The van der Waals surface area contributed by atoms with Gasteiger partial charge in [0, 0.05) is 36.8 Å². The number of likely N-dealkylation sites (N-methyl/N-ethyl adjacent to an activating group) is 1. The number of hydrogen-bond donors (Lipinski definition) is 0. The second-order valence-electron chi connectivity index (χ2n) is 5.44. The van der Waals surface area contributed by atoms with Crippen molar-refractivity contribution < 1.29 is 9.59 Å². The third kappa shape index (κ3) is 3.06. The lowest BCUT2D eigenvalue weighted by Crippen LogP contribution is -2.38. The molecule has 110 valence electrons. The maximum Gasteiger partial charge on any atom is 0.270 e. The first-order chi connectivity index (χ1) is 9.40. The number of carbonyl (C=O) groups is 2. The molecule has 0 saturated carbocycles. The van der Waals surface area contributed by atoms with Crippen LogP contribution in [0.5, 0.6) is 0 Å². The minimum Gasteiger partial charge on any atom is -0.344 e. The second kappa shape index (κ2) is 5.99. The van der Waals surface area contributed by atoms with Crippen molar-refractivity contribution in [1.82, 2.24) is 14.4 Å². The topological polar surface area (TPSA) is 45.6 Å². The molecule has 1 fully saturated rings. The highest BCUT2D eigenvalue weighted by atomic mass is 79.9. The van der Waals surface area contributed by atoms with Gasteiger partial charge in [0.1, 0.15) is 12.2 Å². The average Bonchev–Trinajstić information content (AvgIpc) is 2.70. The maximum absolute atomic E-state index is 12.7. The van der Waals surface area contributed by atoms with Gasteiger partial charge < -0.3 is 14.4 Å². The van der Waals surface area contributed by atoms with Crippen LogP contribution in [-0.4, -0.2) is 52.9 Å². The molecule has 1 saturated heterocycles. The molecule has 1 aliphatic rings. The molecule has 2 amide bonds. The highest BCUT2D eigenvalue weighted by Gasteiger charge is 2.26. The van der Waals surface area contributed by atoms with Crippen LogP contribution >= 0.6 is 15.9 Å². The number of carbonyl (C=O) groups excluding carboxylic acids is 2. The first-order valence-electron chi connectivity index (χ1n) is 6.80. The van der Waals surface area contributed by atoms with Gasteiger partial charge in [0.15, 0.2) is 0 Å². The van der Waals surface area contributed by atoms with Crippen molar-refractivity contribution in [3.05, 3.63) is 22.4 Å². The Balaban J connectivity index is 2.24. The molecule has 0 atom stereocenters. The van der Waals surface area contributed by atoms with Crippen LogP contribution in [0, 0.1) is 0 Å². The van der Waals surface area contributed by atoms with E-state index >= 15 is 0 Å². The summed E-state index contributed by atoms with van der Waals surface area (Å²) in [6.45, 7) is 5.55. The fraction of sp³-hybridized carbons (Fsp3) is 0.571. The number of hydrogen-bond acceptors (Lipinski definition) is 2. The molecule has 0 bridgehead atoms. The summed E-state index contributed by atoms with van der Waals surface area (Å²) in [5, 5.41) is 0. The highest BCUT2D eigenvalue weighted by molar-refractivity contribution is 9.10. The summed E-state index contributed by atoms with van der Waals surface area (Å²) in [5.74, 6) is -0.0781. The molecular weight excluding hydrogens is 322 g/mol. The normalized spacial score (nSPS) is 16.8. The lowest BCUT2D eigenvalue weighted by molar-refractivity contribution is -0.129. The van der Waals surface area contributed by atoms with E-state index in [0.717, 1.165) is 10.9 Å². The van der Waals surface area contributed by atoms with Crippen LogP contribution < -0.4 is 0 Å². The largest absolute Gasteiger partial charge is 0.344 e. The van der Waals surface area contributed by atoms with Gasteiger partial charge in [0.05, 0.1) is 0 Å². The Morgan fingerprint density at radius 1 is 1.35 bits per heavy atom. The summed E-state index contributed by atoms with van der Waals surface area (Å²) >= 11 is 3.41. The van der Waals surface area contributed by atoms with Crippen LogP contribution in [0.3, 0.4) is 0 Å². The third-order valence-corrected chi connectivity index (χ3v) is 3.98. The van der Waals surface area contributed by atoms with Gasteiger partial charge in [-0.15, -0.1) is 0 Å². The molecule has 0 radical (unpaired) electrons. The predicted molar refractivity (Wildman–Crippen MR) is 80.7 cm³/mol. The Bertz CT molecular complexity index is 524. The van der Waals surface area contributed by atoms with Crippen molar-refractivity contribution >= 4 is 27.7 Å². The van der Waals surface area contributed by atoms with Crippen molar-refractivity contribution in [2.24, 2.45) is 0 Å². The molecule has 1 aromatic rings. The van der Waals surface area contributed by atoms with E-state index in [1.54, 1.807) is 16.8 Å². The van der Waals surface area contributed by atoms with Gasteiger partial charge in [-0.05, 0) is 42.3 Å². The molecule has 0 aliphatic carbocycles. The zero-order valence-electron chi connectivity index (χ0n) is 12.1. The number of rotatable bonds is 2. The number of halogens is 1. The fourth-order valence-corrected chi connectivity index (χ4v) is 2.80. The van der Waals surface area contributed by atoms with Crippen molar-refractivity contribution in [2.75, 3.05) is 26.7 Å². The van der Waals surface area contributed by atoms with Crippen LogP contribution in [0.25, 0.3) is 0 Å². The first-order valence-corrected chi connectivity index (χ1v) is 7.60. The Labute approximate surface area is 127 Å². The van der Waals surface area contributed by atoms with Gasteiger partial charge in [0.2, 0.25) is 5.91 Å². The van der Waals surface area contributed by atoms with Gasteiger partial charge in [-0.25, -0.2) is 0 Å². The van der Waals surface area contributed by atoms with Crippen molar-refractivity contribution in [1.29, 1.82) is 0 Å². The molecule has 2 rings (SSSR count). The van der Waals surface area contributed by atoms with Crippen LogP contribution in [0.1, 0.15) is 36.8 Å². The Morgan fingerprint density at radius 2 is 2.05 bits per heavy atom. The van der Waals surface area contributed by atoms with Gasteiger partial charge in [-0.3, -0.25) is 9.59 Å². The lowest BCUT2D eigenvalue weighted by atomic mass is 10.3. The van der Waals surface area contributed by atoms with Crippen molar-refractivity contribution in [3.8, 4) is 0 Å². The third-order valence-electron chi connectivity index (χ3n) is 3.55. The number of aromatic nitrogens is 1. The molecule has 0 spiro atoms. The van der Waals surface area contributed by atoms with Crippen LogP contribution in [0.15, 0.2) is 16.7 Å². The van der Waals surface area contributed by atoms with E-state index in [2.05, 4.69) is 15.9 Å². The lowest BCUT2D eigenvalue weighted by Gasteiger charge is -2.21. The Hall–Kier alpha value is -1.30. The minimum absolute atomic E-state index is 0.00225. The number of nitrogens with zero attached hydrogens (tertiary/aromatic N) is 3. The fourth-order valence-electron chi connectivity index (χ4n) is 2.37. The summed E-state index contributed by atoms with van der Waals surface area (Å²) in [5.41, 5.74) is 0.629. The monoisotopic (exact) mass is 341 g/mol. The quantitative estimate of drug-likeness (QED) is 0.827. The van der Waals surface area contributed by atoms with Crippen LogP contribution in [0.4, 0.5) is 0 Å². The summed E-state index contributed by atoms with van der Waals surface area (Å²) in [6, 6.07) is 2.02. The molecule has 2 heterocycles. The second-order valence-corrected chi connectivity index (χ2v) is 6.36. The smallest absolute Gasteiger partial charge is 0.270 e. The first kappa shape index (κ1) is 15.1. The average molecular weight is 342 g/mol. The molecule has 1 aliphatic heterocycles. The van der Waals surface area contributed by atoms with E-state index in [-0.39, 0.29) is 24.4 Å². The number of amides is 2.